The quantitative estimate of drug-likeness (QED) is 0.842. The molecule has 0 saturated heterocycles. The van der Waals surface area contributed by atoms with E-state index >= 15 is 0 Å². The highest BCUT2D eigenvalue weighted by atomic mass is 32.2. The Hall–Kier alpha value is -2.18. The van der Waals surface area contributed by atoms with Gasteiger partial charge in [-0.2, -0.15) is 0 Å². The largest absolute Gasteiger partial charge is 0.325 e. The van der Waals surface area contributed by atoms with Gasteiger partial charge in [-0.3, -0.25) is 4.79 Å². The Bertz CT molecular complexity index is 862. The van der Waals surface area contributed by atoms with E-state index in [1.165, 1.54) is 0 Å². The topological polar surface area (TPSA) is 84.5 Å². The number of rotatable bonds is 5. The Morgan fingerprint density at radius 2 is 1.69 bits per heavy atom. The molecule has 0 aromatic heterocycles. The van der Waals surface area contributed by atoms with Crippen molar-refractivity contribution in [2.24, 2.45) is 10.1 Å². The second kappa shape index (κ2) is 8.01. The fourth-order valence-electron chi connectivity index (χ4n) is 2.56. The van der Waals surface area contributed by atoms with Crippen LogP contribution in [-0.2, 0) is 20.9 Å². The zero-order valence-corrected chi connectivity index (χ0v) is 16.5. The minimum Gasteiger partial charge on any atom is -0.325 e. The molecule has 5 nitrogen and oxygen atoms in total. The summed E-state index contributed by atoms with van der Waals surface area (Å²) < 4.78 is 17.2. The van der Waals surface area contributed by atoms with E-state index in [1.54, 1.807) is 30.5 Å². The van der Waals surface area contributed by atoms with Crippen LogP contribution < -0.4 is 11.1 Å². The lowest BCUT2D eigenvalue weighted by Crippen LogP contribution is -2.37. The Labute approximate surface area is 156 Å². The molecule has 26 heavy (non-hydrogen) atoms. The molecule has 0 aliphatic carbocycles. The highest BCUT2D eigenvalue weighted by molar-refractivity contribution is 7.93. The maximum absolute atomic E-state index is 12.8. The molecule has 2 aromatic carbocycles. The summed E-state index contributed by atoms with van der Waals surface area (Å²) in [4.78, 5) is 12.9. The summed E-state index contributed by atoms with van der Waals surface area (Å²) in [7, 11) is -2.48. The van der Waals surface area contributed by atoms with Crippen molar-refractivity contribution in [2.75, 3.05) is 11.6 Å². The summed E-state index contributed by atoms with van der Waals surface area (Å²) in [6.45, 7) is 5.75. The van der Waals surface area contributed by atoms with Crippen molar-refractivity contribution in [3.05, 3.63) is 60.2 Å². The second-order valence-corrected chi connectivity index (χ2v) is 9.63. The number of amides is 1. The average molecular weight is 374 g/mol. The van der Waals surface area contributed by atoms with Gasteiger partial charge in [0.25, 0.3) is 0 Å². The molecule has 2 aromatic rings. The number of carbonyl (C=O) groups is 1. The maximum atomic E-state index is 12.8. The van der Waals surface area contributed by atoms with Gasteiger partial charge in [0.15, 0.2) is 0 Å². The van der Waals surface area contributed by atoms with Gasteiger partial charge in [0.2, 0.25) is 5.91 Å². The molecular formula is C20H27N3O2S. The SMILES string of the molecule is CC(C)(C)N=S(C)(=O)c1ccc(NC(=O)[C@@H](N)Cc2ccccc2)cc1. The van der Waals surface area contributed by atoms with Crippen molar-refractivity contribution in [2.45, 2.75) is 43.7 Å². The second-order valence-electron chi connectivity index (χ2n) is 7.37. The van der Waals surface area contributed by atoms with E-state index in [1.807, 2.05) is 51.1 Å². The van der Waals surface area contributed by atoms with Crippen LogP contribution in [0.1, 0.15) is 26.3 Å². The molecule has 6 heteroatoms. The molecule has 140 valence electrons. The Balaban J connectivity index is 2.06. The first-order chi connectivity index (χ1) is 12.1. The van der Waals surface area contributed by atoms with E-state index in [0.717, 1.165) is 5.56 Å². The normalized spacial score (nSPS) is 15.0. The monoisotopic (exact) mass is 373 g/mol. The number of nitrogens with zero attached hydrogens (tertiary/aromatic N) is 1. The molecule has 0 bridgehead atoms. The lowest BCUT2D eigenvalue weighted by atomic mass is 10.1. The van der Waals surface area contributed by atoms with E-state index in [2.05, 4.69) is 9.68 Å². The Morgan fingerprint density at radius 3 is 2.23 bits per heavy atom. The maximum Gasteiger partial charge on any atom is 0.241 e. The van der Waals surface area contributed by atoms with Gasteiger partial charge < -0.3 is 11.1 Å². The Morgan fingerprint density at radius 1 is 1.12 bits per heavy atom. The summed E-state index contributed by atoms with van der Waals surface area (Å²) in [5.74, 6) is -0.252. The van der Waals surface area contributed by atoms with E-state index in [-0.39, 0.29) is 11.4 Å². The highest BCUT2D eigenvalue weighted by Crippen LogP contribution is 2.20. The summed E-state index contributed by atoms with van der Waals surface area (Å²) in [5, 5.41) is 2.80. The van der Waals surface area contributed by atoms with Gasteiger partial charge in [0, 0.05) is 16.8 Å². The van der Waals surface area contributed by atoms with Gasteiger partial charge in [-0.1, -0.05) is 30.3 Å². The van der Waals surface area contributed by atoms with E-state index < -0.39 is 15.8 Å². The molecule has 0 fully saturated rings. The van der Waals surface area contributed by atoms with Crippen molar-refractivity contribution in [3.63, 3.8) is 0 Å². The minimum absolute atomic E-state index is 0.252. The number of benzene rings is 2. The first kappa shape index (κ1) is 20.1. The van der Waals surface area contributed by atoms with Gasteiger partial charge in [0.05, 0.1) is 21.3 Å². The number of nitrogens with one attached hydrogen (secondary N) is 1. The summed E-state index contributed by atoms with van der Waals surface area (Å²) in [6, 6.07) is 15.9. The van der Waals surface area contributed by atoms with E-state index in [4.69, 9.17) is 5.73 Å². The summed E-state index contributed by atoms with van der Waals surface area (Å²) in [5.41, 5.74) is 7.24. The van der Waals surface area contributed by atoms with Crippen molar-refractivity contribution in [1.82, 2.24) is 0 Å². The molecule has 0 heterocycles. The van der Waals surface area contributed by atoms with Crippen molar-refractivity contribution >= 4 is 21.3 Å². The summed E-state index contributed by atoms with van der Waals surface area (Å²) in [6.07, 6.45) is 2.10. The zero-order chi connectivity index (χ0) is 19.4. The van der Waals surface area contributed by atoms with Crippen molar-refractivity contribution in [3.8, 4) is 0 Å². The molecule has 0 aliphatic heterocycles. The van der Waals surface area contributed by atoms with Crippen LogP contribution in [0.2, 0.25) is 0 Å². The Kier molecular flexibility index (Phi) is 6.21. The number of anilines is 1. The molecular weight excluding hydrogens is 346 g/mol. The number of carbonyl (C=O) groups excluding carboxylic acids is 1. The molecule has 0 aliphatic rings. The highest BCUT2D eigenvalue weighted by Gasteiger charge is 2.16. The minimum atomic E-state index is -2.48. The predicted octanol–water partition coefficient (Wildman–Crippen LogP) is 3.45. The first-order valence-corrected chi connectivity index (χ1v) is 10.4. The lowest BCUT2D eigenvalue weighted by Gasteiger charge is -2.16. The van der Waals surface area contributed by atoms with Crippen LogP contribution in [0.15, 0.2) is 63.9 Å². The third kappa shape index (κ3) is 5.97. The molecule has 2 rings (SSSR count). The molecule has 1 amide bonds. The van der Waals surface area contributed by atoms with Crippen LogP contribution in [0, 0.1) is 0 Å². The van der Waals surface area contributed by atoms with Gasteiger partial charge in [0.1, 0.15) is 0 Å². The smallest absolute Gasteiger partial charge is 0.241 e. The number of nitrogens with two attached hydrogens (primary N) is 1. The molecule has 0 saturated carbocycles. The standard InChI is InChI=1S/C20H27N3O2S/c1-20(2,3)23-26(4,25)17-12-10-16(11-13-17)22-19(24)18(21)14-15-8-6-5-7-9-15/h5-13,18H,14,21H2,1-4H3,(H,22,24)/t18-,26?/m0/s1. The fraction of sp³-hybridized carbons (Fsp3) is 0.350. The lowest BCUT2D eigenvalue weighted by molar-refractivity contribution is -0.117. The molecule has 2 atom stereocenters. The van der Waals surface area contributed by atoms with Crippen molar-refractivity contribution < 1.29 is 9.00 Å². The van der Waals surface area contributed by atoms with Crippen LogP contribution in [0.4, 0.5) is 5.69 Å². The van der Waals surface area contributed by atoms with Crippen LogP contribution in [0.3, 0.4) is 0 Å². The van der Waals surface area contributed by atoms with Gasteiger partial charge in [-0.15, -0.1) is 0 Å². The van der Waals surface area contributed by atoms with Crippen molar-refractivity contribution in [1.29, 1.82) is 0 Å². The zero-order valence-electron chi connectivity index (χ0n) is 15.7. The van der Waals surface area contributed by atoms with Gasteiger partial charge in [-0.05, 0) is 57.0 Å². The molecule has 3 N–H and O–H groups in total. The van der Waals surface area contributed by atoms with E-state index in [9.17, 15) is 9.00 Å². The first-order valence-electron chi connectivity index (χ1n) is 8.51. The van der Waals surface area contributed by atoms with Crippen LogP contribution in [-0.4, -0.2) is 28.0 Å². The third-order valence-electron chi connectivity index (χ3n) is 3.64. The average Bonchev–Trinajstić information content (AvgIpc) is 2.54. The van der Waals surface area contributed by atoms with Crippen LogP contribution in [0.25, 0.3) is 0 Å². The summed E-state index contributed by atoms with van der Waals surface area (Å²) >= 11 is 0. The third-order valence-corrected chi connectivity index (χ3v) is 5.69. The number of hydrogen-bond donors (Lipinski definition) is 2. The van der Waals surface area contributed by atoms with Crippen LogP contribution in [0.5, 0.6) is 0 Å². The molecule has 1 unspecified atom stereocenters. The predicted molar refractivity (Wildman–Crippen MR) is 108 cm³/mol. The molecule has 0 spiro atoms. The van der Waals surface area contributed by atoms with Gasteiger partial charge >= 0.3 is 0 Å². The van der Waals surface area contributed by atoms with Crippen LogP contribution >= 0.6 is 0 Å². The number of hydrogen-bond acceptors (Lipinski definition) is 4. The fourth-order valence-corrected chi connectivity index (χ4v) is 4.35. The van der Waals surface area contributed by atoms with E-state index in [0.29, 0.717) is 17.0 Å². The van der Waals surface area contributed by atoms with Gasteiger partial charge in [-0.25, -0.2) is 8.57 Å². The molecule has 0 radical (unpaired) electrons.